The molecule has 1 aromatic rings. The second kappa shape index (κ2) is 5.08. The number of ketones is 1. The number of carbonyl (C=O) groups excluding carboxylic acids is 1. The van der Waals surface area contributed by atoms with Crippen LogP contribution in [-0.2, 0) is 11.2 Å². The lowest BCUT2D eigenvalue weighted by molar-refractivity contribution is -0.120. The van der Waals surface area contributed by atoms with E-state index in [-0.39, 0.29) is 5.92 Å². The molecule has 0 aromatic heterocycles. The van der Waals surface area contributed by atoms with Gasteiger partial charge in [-0.05, 0) is 61.5 Å². The van der Waals surface area contributed by atoms with Crippen molar-refractivity contribution in [3.8, 4) is 0 Å². The number of nitrogens with one attached hydrogen (secondary N) is 1. The Labute approximate surface area is 123 Å². The standard InChI is InChI=1S/C15H17Cl2NO/c16-11-1-2-13(17)10(7-11)8-14(19)12-9-15(12)3-5-18-6-4-15/h1-2,7,12,18H,3-6,8-9H2. The van der Waals surface area contributed by atoms with E-state index in [1.165, 1.54) is 0 Å². The van der Waals surface area contributed by atoms with Crippen molar-refractivity contribution in [2.45, 2.75) is 25.7 Å². The molecule has 19 heavy (non-hydrogen) atoms. The lowest BCUT2D eigenvalue weighted by Crippen LogP contribution is -2.31. The van der Waals surface area contributed by atoms with Crippen molar-refractivity contribution < 1.29 is 4.79 Å². The number of rotatable bonds is 3. The van der Waals surface area contributed by atoms with Crippen LogP contribution in [0.5, 0.6) is 0 Å². The highest BCUT2D eigenvalue weighted by Gasteiger charge is 2.56. The van der Waals surface area contributed by atoms with E-state index in [1.54, 1.807) is 18.2 Å². The Morgan fingerprint density at radius 1 is 1.32 bits per heavy atom. The molecule has 1 atom stereocenters. The Morgan fingerprint density at radius 3 is 2.79 bits per heavy atom. The normalized spacial score (nSPS) is 24.4. The van der Waals surface area contributed by atoms with Gasteiger partial charge < -0.3 is 5.32 Å². The number of Topliss-reactive ketones (excluding diaryl/α,β-unsaturated/α-hetero) is 1. The summed E-state index contributed by atoms with van der Waals surface area (Å²) in [4.78, 5) is 12.4. The molecule has 0 amide bonds. The van der Waals surface area contributed by atoms with E-state index in [0.717, 1.165) is 37.9 Å². The second-order valence-electron chi connectivity index (χ2n) is 5.75. The molecular weight excluding hydrogens is 281 g/mol. The predicted octanol–water partition coefficient (Wildman–Crippen LogP) is 3.49. The maximum absolute atomic E-state index is 12.4. The number of carbonyl (C=O) groups is 1. The fraction of sp³-hybridized carbons (Fsp3) is 0.533. The van der Waals surface area contributed by atoms with Gasteiger partial charge in [0.15, 0.2) is 0 Å². The van der Waals surface area contributed by atoms with Gasteiger partial charge in [0.2, 0.25) is 0 Å². The van der Waals surface area contributed by atoms with Gasteiger partial charge in [-0.1, -0.05) is 23.2 Å². The van der Waals surface area contributed by atoms with Gasteiger partial charge >= 0.3 is 0 Å². The molecule has 102 valence electrons. The molecule has 1 aliphatic heterocycles. The summed E-state index contributed by atoms with van der Waals surface area (Å²) in [5.41, 5.74) is 1.16. The highest BCUT2D eigenvalue weighted by atomic mass is 35.5. The van der Waals surface area contributed by atoms with Crippen LogP contribution in [0.3, 0.4) is 0 Å². The predicted molar refractivity (Wildman–Crippen MR) is 77.8 cm³/mol. The third kappa shape index (κ3) is 2.67. The molecule has 1 N–H and O–H groups in total. The molecule has 3 rings (SSSR count). The Hall–Kier alpha value is -0.570. The summed E-state index contributed by atoms with van der Waals surface area (Å²) >= 11 is 12.1. The first-order chi connectivity index (χ1) is 9.11. The van der Waals surface area contributed by atoms with Crippen molar-refractivity contribution in [2.75, 3.05) is 13.1 Å². The Balaban J connectivity index is 1.68. The number of halogens is 2. The molecule has 0 radical (unpaired) electrons. The summed E-state index contributed by atoms with van der Waals surface area (Å²) in [5.74, 6) is 0.565. The van der Waals surface area contributed by atoms with Crippen LogP contribution in [0.25, 0.3) is 0 Å². The van der Waals surface area contributed by atoms with Crippen LogP contribution >= 0.6 is 23.2 Å². The van der Waals surface area contributed by atoms with Crippen molar-refractivity contribution in [1.29, 1.82) is 0 Å². The van der Waals surface area contributed by atoms with E-state index in [1.807, 2.05) is 0 Å². The molecule has 1 aromatic carbocycles. The van der Waals surface area contributed by atoms with Gasteiger partial charge in [0, 0.05) is 22.4 Å². The first-order valence-electron chi connectivity index (χ1n) is 6.78. The molecule has 2 aliphatic rings. The fourth-order valence-electron chi connectivity index (χ4n) is 3.27. The average molecular weight is 298 g/mol. The quantitative estimate of drug-likeness (QED) is 0.925. The van der Waals surface area contributed by atoms with Gasteiger partial charge in [-0.15, -0.1) is 0 Å². The van der Waals surface area contributed by atoms with E-state index < -0.39 is 0 Å². The molecule has 1 saturated heterocycles. The van der Waals surface area contributed by atoms with Crippen molar-refractivity contribution in [2.24, 2.45) is 11.3 Å². The number of benzene rings is 1. The minimum absolute atomic E-state index is 0.240. The Morgan fingerprint density at radius 2 is 2.05 bits per heavy atom. The highest BCUT2D eigenvalue weighted by molar-refractivity contribution is 6.33. The molecular formula is C15H17Cl2NO. The molecule has 1 heterocycles. The number of hydrogen-bond acceptors (Lipinski definition) is 2. The minimum Gasteiger partial charge on any atom is -0.317 e. The van der Waals surface area contributed by atoms with Crippen LogP contribution in [0.15, 0.2) is 18.2 Å². The van der Waals surface area contributed by atoms with Gasteiger partial charge in [-0.3, -0.25) is 4.79 Å². The molecule has 1 spiro atoms. The van der Waals surface area contributed by atoms with E-state index in [2.05, 4.69) is 5.32 Å². The van der Waals surface area contributed by atoms with Crippen molar-refractivity contribution in [1.82, 2.24) is 5.32 Å². The molecule has 0 bridgehead atoms. The summed E-state index contributed by atoms with van der Waals surface area (Å²) in [6.45, 7) is 2.09. The van der Waals surface area contributed by atoms with E-state index in [9.17, 15) is 4.79 Å². The van der Waals surface area contributed by atoms with Gasteiger partial charge in [-0.2, -0.15) is 0 Å². The largest absolute Gasteiger partial charge is 0.317 e. The third-order valence-electron chi connectivity index (χ3n) is 4.55. The third-order valence-corrected chi connectivity index (χ3v) is 5.15. The van der Waals surface area contributed by atoms with E-state index in [4.69, 9.17) is 23.2 Å². The number of hydrogen-bond donors (Lipinski definition) is 1. The van der Waals surface area contributed by atoms with Crippen LogP contribution in [0.1, 0.15) is 24.8 Å². The summed E-state index contributed by atoms with van der Waals surface area (Å²) < 4.78 is 0. The molecule has 2 nitrogen and oxygen atoms in total. The molecule has 1 unspecified atom stereocenters. The monoisotopic (exact) mass is 297 g/mol. The Kier molecular flexibility index (Phi) is 3.59. The fourth-order valence-corrected chi connectivity index (χ4v) is 3.65. The van der Waals surface area contributed by atoms with Gasteiger partial charge in [-0.25, -0.2) is 0 Å². The van der Waals surface area contributed by atoms with E-state index >= 15 is 0 Å². The minimum atomic E-state index is 0.240. The highest BCUT2D eigenvalue weighted by Crippen LogP contribution is 2.59. The van der Waals surface area contributed by atoms with Crippen molar-refractivity contribution >= 4 is 29.0 Å². The maximum atomic E-state index is 12.4. The summed E-state index contributed by atoms with van der Waals surface area (Å²) in [5, 5.41) is 4.63. The zero-order valence-corrected chi connectivity index (χ0v) is 12.2. The topological polar surface area (TPSA) is 29.1 Å². The second-order valence-corrected chi connectivity index (χ2v) is 6.59. The molecule has 2 fully saturated rings. The maximum Gasteiger partial charge on any atom is 0.140 e. The lowest BCUT2D eigenvalue weighted by atomic mass is 9.89. The summed E-state index contributed by atoms with van der Waals surface area (Å²) in [6.07, 6.45) is 3.74. The van der Waals surface area contributed by atoms with Crippen LogP contribution in [0, 0.1) is 11.3 Å². The molecule has 1 saturated carbocycles. The van der Waals surface area contributed by atoms with Crippen LogP contribution < -0.4 is 5.32 Å². The zero-order valence-electron chi connectivity index (χ0n) is 10.7. The van der Waals surface area contributed by atoms with Crippen LogP contribution in [0.2, 0.25) is 10.0 Å². The SMILES string of the molecule is O=C(Cc1cc(Cl)ccc1Cl)C1CC12CCNCC2. The summed E-state index contributed by atoms with van der Waals surface area (Å²) in [7, 11) is 0. The van der Waals surface area contributed by atoms with Crippen molar-refractivity contribution in [3.63, 3.8) is 0 Å². The molecule has 4 heteroatoms. The van der Waals surface area contributed by atoms with E-state index in [0.29, 0.717) is 27.7 Å². The molecule has 1 aliphatic carbocycles. The van der Waals surface area contributed by atoms with Gasteiger partial charge in [0.05, 0.1) is 0 Å². The van der Waals surface area contributed by atoms with Crippen LogP contribution in [-0.4, -0.2) is 18.9 Å². The first kappa shape index (κ1) is 13.4. The smallest absolute Gasteiger partial charge is 0.140 e. The Bertz CT molecular complexity index is 509. The van der Waals surface area contributed by atoms with Crippen LogP contribution in [0.4, 0.5) is 0 Å². The summed E-state index contributed by atoms with van der Waals surface area (Å²) in [6, 6.07) is 5.32. The average Bonchev–Trinajstić information content (AvgIpc) is 3.08. The van der Waals surface area contributed by atoms with Gasteiger partial charge in [0.1, 0.15) is 5.78 Å². The lowest BCUT2D eigenvalue weighted by Gasteiger charge is -2.23. The first-order valence-corrected chi connectivity index (χ1v) is 7.54. The van der Waals surface area contributed by atoms with Gasteiger partial charge in [0.25, 0.3) is 0 Å². The van der Waals surface area contributed by atoms with Crippen molar-refractivity contribution in [3.05, 3.63) is 33.8 Å². The zero-order chi connectivity index (χ0) is 13.5. The number of piperidine rings is 1.